The second kappa shape index (κ2) is 6.63. The summed E-state index contributed by atoms with van der Waals surface area (Å²) in [5, 5.41) is 0. The molecule has 104 valence electrons. The van der Waals surface area contributed by atoms with Crippen LogP contribution in [0.15, 0.2) is 18.2 Å². The van der Waals surface area contributed by atoms with Crippen LogP contribution in [0.1, 0.15) is 28.8 Å². The number of carbonyl (C=O) groups is 1. The molecule has 1 aliphatic rings. The molecule has 1 heterocycles. The Bertz CT molecular complexity index is 441. The van der Waals surface area contributed by atoms with Crippen molar-refractivity contribution in [2.75, 3.05) is 20.3 Å². The summed E-state index contributed by atoms with van der Waals surface area (Å²) in [5.41, 5.74) is 0.619. The first kappa shape index (κ1) is 14.0. The zero-order chi connectivity index (χ0) is 13.7. The first-order valence-electron chi connectivity index (χ1n) is 6.27. The molecule has 5 heteroatoms. The number of halogens is 1. The molecule has 19 heavy (non-hydrogen) atoms. The van der Waals surface area contributed by atoms with Gasteiger partial charge in [-0.05, 0) is 30.5 Å². The second-order valence-electron chi connectivity index (χ2n) is 4.46. The highest BCUT2D eigenvalue weighted by atomic mass is 19.1. The Labute approximate surface area is 111 Å². The van der Waals surface area contributed by atoms with E-state index in [2.05, 4.69) is 4.74 Å². The van der Waals surface area contributed by atoms with Gasteiger partial charge in [0.15, 0.2) is 0 Å². The number of benzene rings is 1. The Hall–Kier alpha value is -1.46. The van der Waals surface area contributed by atoms with Gasteiger partial charge in [0, 0.05) is 6.61 Å². The van der Waals surface area contributed by atoms with Gasteiger partial charge in [0.1, 0.15) is 5.82 Å². The Morgan fingerprint density at radius 2 is 2.37 bits per heavy atom. The molecule has 0 saturated carbocycles. The molecule has 1 aromatic rings. The minimum absolute atomic E-state index is 0.0645. The highest BCUT2D eigenvalue weighted by molar-refractivity contribution is 5.89. The zero-order valence-electron chi connectivity index (χ0n) is 10.9. The van der Waals surface area contributed by atoms with E-state index in [1.54, 1.807) is 6.07 Å². The maximum absolute atomic E-state index is 13.6. The molecule has 2 rings (SSSR count). The lowest BCUT2D eigenvalue weighted by atomic mass is 10.1. The van der Waals surface area contributed by atoms with Crippen LogP contribution in [0.25, 0.3) is 0 Å². The first-order valence-corrected chi connectivity index (χ1v) is 6.27. The van der Waals surface area contributed by atoms with Crippen LogP contribution >= 0.6 is 0 Å². The molecule has 4 nitrogen and oxygen atoms in total. The van der Waals surface area contributed by atoms with Gasteiger partial charge in [-0.25, -0.2) is 9.18 Å². The topological polar surface area (TPSA) is 44.8 Å². The van der Waals surface area contributed by atoms with Crippen molar-refractivity contribution in [3.8, 4) is 0 Å². The Balaban J connectivity index is 1.87. The molecule has 1 fully saturated rings. The van der Waals surface area contributed by atoms with Crippen molar-refractivity contribution in [2.45, 2.75) is 25.6 Å². The molecule has 1 aromatic carbocycles. The maximum atomic E-state index is 13.6. The third kappa shape index (κ3) is 3.75. The number of carbonyl (C=O) groups excluding carboxylic acids is 1. The monoisotopic (exact) mass is 268 g/mol. The van der Waals surface area contributed by atoms with Gasteiger partial charge in [0.05, 0.1) is 32.0 Å². The van der Waals surface area contributed by atoms with E-state index < -0.39 is 11.8 Å². The average Bonchev–Trinajstić information content (AvgIpc) is 2.91. The molecule has 0 radical (unpaired) electrons. The summed E-state index contributed by atoms with van der Waals surface area (Å²) in [4.78, 5) is 11.2. The average molecular weight is 268 g/mol. The summed E-state index contributed by atoms with van der Waals surface area (Å²) in [5.74, 6) is -1.27. The van der Waals surface area contributed by atoms with Gasteiger partial charge < -0.3 is 14.2 Å². The Morgan fingerprint density at radius 3 is 3.00 bits per heavy atom. The maximum Gasteiger partial charge on any atom is 0.340 e. The van der Waals surface area contributed by atoms with Gasteiger partial charge in [0.2, 0.25) is 0 Å². The SMILES string of the molecule is COC(=O)c1ccc(COCC2CCCO2)cc1F. The number of hydrogen-bond acceptors (Lipinski definition) is 4. The number of esters is 1. The normalized spacial score (nSPS) is 18.5. The lowest BCUT2D eigenvalue weighted by molar-refractivity contribution is 0.0105. The van der Waals surface area contributed by atoms with Crippen molar-refractivity contribution in [2.24, 2.45) is 0 Å². The zero-order valence-corrected chi connectivity index (χ0v) is 10.9. The van der Waals surface area contributed by atoms with E-state index in [0.717, 1.165) is 19.4 Å². The quantitative estimate of drug-likeness (QED) is 0.769. The van der Waals surface area contributed by atoms with Crippen LogP contribution in [0.2, 0.25) is 0 Å². The van der Waals surface area contributed by atoms with Crippen molar-refractivity contribution in [3.63, 3.8) is 0 Å². The van der Waals surface area contributed by atoms with Gasteiger partial charge in [0.25, 0.3) is 0 Å². The summed E-state index contributed by atoms with van der Waals surface area (Å²) >= 11 is 0. The summed E-state index contributed by atoms with van der Waals surface area (Å²) in [7, 11) is 1.22. The molecule has 0 aromatic heterocycles. The second-order valence-corrected chi connectivity index (χ2v) is 4.46. The third-order valence-electron chi connectivity index (χ3n) is 3.04. The van der Waals surface area contributed by atoms with Crippen LogP contribution in [-0.4, -0.2) is 32.4 Å². The predicted octanol–water partition coefficient (Wildman–Crippen LogP) is 2.31. The van der Waals surface area contributed by atoms with Crippen LogP contribution in [0.4, 0.5) is 4.39 Å². The molecule has 1 aliphatic heterocycles. The van der Waals surface area contributed by atoms with Gasteiger partial charge in [-0.15, -0.1) is 0 Å². The molecule has 1 saturated heterocycles. The van der Waals surface area contributed by atoms with E-state index in [1.807, 2.05) is 0 Å². The van der Waals surface area contributed by atoms with Crippen molar-refractivity contribution in [1.82, 2.24) is 0 Å². The Kier molecular flexibility index (Phi) is 4.87. The molecule has 0 amide bonds. The Morgan fingerprint density at radius 1 is 1.53 bits per heavy atom. The molecule has 0 N–H and O–H groups in total. The molecule has 0 aliphatic carbocycles. The van der Waals surface area contributed by atoms with Gasteiger partial charge >= 0.3 is 5.97 Å². The minimum Gasteiger partial charge on any atom is -0.465 e. The highest BCUT2D eigenvalue weighted by Gasteiger charge is 2.16. The van der Waals surface area contributed by atoms with Crippen molar-refractivity contribution < 1.29 is 23.4 Å². The molecule has 0 spiro atoms. The van der Waals surface area contributed by atoms with Crippen LogP contribution < -0.4 is 0 Å². The minimum atomic E-state index is -0.677. The lowest BCUT2D eigenvalue weighted by Gasteiger charge is -2.10. The molecule has 1 unspecified atom stereocenters. The van der Waals surface area contributed by atoms with E-state index in [9.17, 15) is 9.18 Å². The molecular weight excluding hydrogens is 251 g/mol. The molecule has 1 atom stereocenters. The highest BCUT2D eigenvalue weighted by Crippen LogP contribution is 2.15. The summed E-state index contributed by atoms with van der Waals surface area (Å²) < 4.78 is 29.0. The van der Waals surface area contributed by atoms with E-state index >= 15 is 0 Å². The molecular formula is C14H17FO4. The van der Waals surface area contributed by atoms with E-state index in [1.165, 1.54) is 19.2 Å². The fourth-order valence-corrected chi connectivity index (χ4v) is 2.01. The van der Waals surface area contributed by atoms with E-state index in [-0.39, 0.29) is 11.7 Å². The van der Waals surface area contributed by atoms with Crippen LogP contribution in [0.5, 0.6) is 0 Å². The fraction of sp³-hybridized carbons (Fsp3) is 0.500. The molecule has 0 bridgehead atoms. The number of hydrogen-bond donors (Lipinski definition) is 0. The van der Waals surface area contributed by atoms with E-state index in [4.69, 9.17) is 9.47 Å². The fourth-order valence-electron chi connectivity index (χ4n) is 2.01. The van der Waals surface area contributed by atoms with Gasteiger partial charge in [-0.3, -0.25) is 0 Å². The number of ether oxygens (including phenoxy) is 3. The number of rotatable bonds is 5. The van der Waals surface area contributed by atoms with Crippen molar-refractivity contribution >= 4 is 5.97 Å². The summed E-state index contributed by atoms with van der Waals surface area (Å²) in [6, 6.07) is 4.36. The van der Waals surface area contributed by atoms with Crippen LogP contribution in [-0.2, 0) is 20.8 Å². The van der Waals surface area contributed by atoms with Crippen LogP contribution in [0, 0.1) is 5.82 Å². The largest absolute Gasteiger partial charge is 0.465 e. The third-order valence-corrected chi connectivity index (χ3v) is 3.04. The van der Waals surface area contributed by atoms with Crippen molar-refractivity contribution in [1.29, 1.82) is 0 Å². The first-order chi connectivity index (χ1) is 9.20. The number of methoxy groups -OCH3 is 1. The summed E-state index contributed by atoms with van der Waals surface area (Å²) in [6.45, 7) is 1.61. The predicted molar refractivity (Wildman–Crippen MR) is 66.4 cm³/mol. The van der Waals surface area contributed by atoms with E-state index in [0.29, 0.717) is 18.8 Å². The van der Waals surface area contributed by atoms with Crippen molar-refractivity contribution in [3.05, 3.63) is 35.1 Å². The van der Waals surface area contributed by atoms with Gasteiger partial charge in [-0.2, -0.15) is 0 Å². The summed E-state index contributed by atoms with van der Waals surface area (Å²) in [6.07, 6.45) is 2.23. The van der Waals surface area contributed by atoms with Crippen LogP contribution in [0.3, 0.4) is 0 Å². The smallest absolute Gasteiger partial charge is 0.340 e. The lowest BCUT2D eigenvalue weighted by Crippen LogP contribution is -2.14. The standard InChI is InChI=1S/C14H17FO4/c1-17-14(16)12-5-4-10(7-13(12)15)8-18-9-11-3-2-6-19-11/h4-5,7,11H,2-3,6,8-9H2,1H3. The van der Waals surface area contributed by atoms with Gasteiger partial charge in [-0.1, -0.05) is 6.07 Å².